The first-order valence-corrected chi connectivity index (χ1v) is 9.90. The van der Waals surface area contributed by atoms with Gasteiger partial charge in [-0.05, 0) is 58.5 Å². The highest BCUT2D eigenvalue weighted by Gasteiger charge is 2.23. The number of morpholine rings is 1. The van der Waals surface area contributed by atoms with E-state index in [0.717, 1.165) is 28.2 Å². The first-order chi connectivity index (χ1) is 13.2. The van der Waals surface area contributed by atoms with Crippen LogP contribution in [0, 0.1) is 3.77 Å². The summed E-state index contributed by atoms with van der Waals surface area (Å²) in [7, 11) is 1.65. The van der Waals surface area contributed by atoms with Crippen molar-refractivity contribution in [3.05, 3.63) is 57.6 Å². The first kappa shape index (κ1) is 19.9. The van der Waals surface area contributed by atoms with Crippen LogP contribution in [0.25, 0.3) is 6.08 Å². The molecular formula is C20H23IN2O4. The fourth-order valence-corrected chi connectivity index (χ4v) is 3.44. The lowest BCUT2D eigenvalue weighted by Gasteiger charge is -2.34. The van der Waals surface area contributed by atoms with E-state index in [-0.39, 0.29) is 11.9 Å². The molecule has 27 heavy (non-hydrogen) atoms. The van der Waals surface area contributed by atoms with Crippen LogP contribution in [-0.2, 0) is 9.53 Å². The lowest BCUT2D eigenvalue weighted by atomic mass is 10.0. The number of halogens is 1. The van der Waals surface area contributed by atoms with E-state index in [0.29, 0.717) is 25.5 Å². The van der Waals surface area contributed by atoms with Gasteiger partial charge in [0.2, 0.25) is 5.91 Å². The molecule has 2 heterocycles. The summed E-state index contributed by atoms with van der Waals surface area (Å²) in [6.45, 7) is 3.61. The van der Waals surface area contributed by atoms with Gasteiger partial charge in [-0.25, -0.2) is 0 Å². The third kappa shape index (κ3) is 5.82. The molecule has 7 heteroatoms. The van der Waals surface area contributed by atoms with E-state index in [4.69, 9.17) is 13.9 Å². The monoisotopic (exact) mass is 482 g/mol. The van der Waals surface area contributed by atoms with E-state index < -0.39 is 0 Å². The van der Waals surface area contributed by atoms with Gasteiger partial charge in [-0.15, -0.1) is 0 Å². The molecule has 1 aromatic carbocycles. The number of rotatable bonds is 7. The summed E-state index contributed by atoms with van der Waals surface area (Å²) in [5.74, 6) is 1.34. The van der Waals surface area contributed by atoms with E-state index in [2.05, 4.69) is 32.8 Å². The minimum atomic E-state index is -0.145. The number of hydrogen-bond acceptors (Lipinski definition) is 5. The second-order valence-electron chi connectivity index (χ2n) is 6.16. The summed E-state index contributed by atoms with van der Waals surface area (Å²) in [4.78, 5) is 14.6. The minimum Gasteiger partial charge on any atom is -0.497 e. The summed E-state index contributed by atoms with van der Waals surface area (Å²) < 4.78 is 16.9. The van der Waals surface area contributed by atoms with Crippen LogP contribution in [-0.4, -0.2) is 50.8 Å². The highest BCUT2D eigenvalue weighted by atomic mass is 127. The molecule has 1 saturated heterocycles. The van der Waals surface area contributed by atoms with Crippen molar-refractivity contribution >= 4 is 34.6 Å². The predicted octanol–water partition coefficient (Wildman–Crippen LogP) is 3.10. The molecular weight excluding hydrogens is 459 g/mol. The molecule has 0 radical (unpaired) electrons. The van der Waals surface area contributed by atoms with Crippen molar-refractivity contribution in [2.75, 3.05) is 40.0 Å². The summed E-state index contributed by atoms with van der Waals surface area (Å²) in [6, 6.07) is 11.8. The summed E-state index contributed by atoms with van der Waals surface area (Å²) in [5.41, 5.74) is 1.14. The average molecular weight is 482 g/mol. The lowest BCUT2D eigenvalue weighted by molar-refractivity contribution is -0.116. The van der Waals surface area contributed by atoms with Crippen molar-refractivity contribution in [1.82, 2.24) is 10.2 Å². The van der Waals surface area contributed by atoms with Gasteiger partial charge < -0.3 is 19.2 Å². The molecule has 1 aliphatic heterocycles. The fourth-order valence-electron chi connectivity index (χ4n) is 3.00. The van der Waals surface area contributed by atoms with Gasteiger partial charge in [0.15, 0.2) is 3.77 Å². The van der Waals surface area contributed by atoms with Crippen LogP contribution >= 0.6 is 22.6 Å². The average Bonchev–Trinajstić information content (AvgIpc) is 3.13. The Bertz CT molecular complexity index is 767. The number of carbonyl (C=O) groups is 1. The Kier molecular flexibility index (Phi) is 7.31. The maximum absolute atomic E-state index is 12.2. The molecule has 0 bridgehead atoms. The highest BCUT2D eigenvalue weighted by Crippen LogP contribution is 2.23. The molecule has 144 valence electrons. The van der Waals surface area contributed by atoms with Crippen LogP contribution in [0.1, 0.15) is 17.4 Å². The van der Waals surface area contributed by atoms with E-state index >= 15 is 0 Å². The maximum atomic E-state index is 12.2. The van der Waals surface area contributed by atoms with Crippen LogP contribution in [0.3, 0.4) is 0 Å². The van der Waals surface area contributed by atoms with E-state index in [1.54, 1.807) is 13.2 Å². The van der Waals surface area contributed by atoms with Crippen LogP contribution in [0.2, 0.25) is 0 Å². The molecule has 1 aromatic heterocycles. The molecule has 1 atom stereocenters. The van der Waals surface area contributed by atoms with Gasteiger partial charge in [0.05, 0.1) is 26.4 Å². The Balaban J connectivity index is 1.65. The Labute approximate surface area is 172 Å². The first-order valence-electron chi connectivity index (χ1n) is 8.82. The summed E-state index contributed by atoms with van der Waals surface area (Å²) >= 11 is 2.09. The number of carbonyl (C=O) groups excluding carboxylic acids is 1. The molecule has 1 unspecified atom stereocenters. The van der Waals surface area contributed by atoms with Gasteiger partial charge >= 0.3 is 0 Å². The Hall–Kier alpha value is -1.84. The van der Waals surface area contributed by atoms with Crippen molar-refractivity contribution in [2.45, 2.75) is 6.04 Å². The highest BCUT2D eigenvalue weighted by molar-refractivity contribution is 14.1. The molecule has 0 aliphatic carbocycles. The van der Waals surface area contributed by atoms with Gasteiger partial charge in [-0.1, -0.05) is 12.1 Å². The summed E-state index contributed by atoms with van der Waals surface area (Å²) in [5, 5.41) is 3.00. The van der Waals surface area contributed by atoms with E-state index in [1.807, 2.05) is 36.4 Å². The molecule has 1 N–H and O–H groups in total. The standard InChI is InChI=1S/C20H23IN2O4/c1-25-16-4-2-15(3-5-16)18(23-10-12-26-13-11-23)14-22-20(24)9-7-17-6-8-19(21)27-17/h2-9,18H,10-14H2,1H3,(H,22,24)/b9-7+. The number of furan rings is 1. The van der Waals surface area contributed by atoms with Crippen molar-refractivity contribution in [2.24, 2.45) is 0 Å². The normalized spacial score (nSPS) is 16.4. The third-order valence-electron chi connectivity index (χ3n) is 4.45. The van der Waals surface area contributed by atoms with Gasteiger partial charge in [0.25, 0.3) is 0 Å². The molecule has 0 spiro atoms. The van der Waals surface area contributed by atoms with Gasteiger partial charge in [-0.3, -0.25) is 9.69 Å². The molecule has 1 aliphatic rings. The summed E-state index contributed by atoms with van der Waals surface area (Å²) in [6.07, 6.45) is 3.17. The zero-order chi connectivity index (χ0) is 19.1. The quantitative estimate of drug-likeness (QED) is 0.486. The number of nitrogens with zero attached hydrogens (tertiary/aromatic N) is 1. The zero-order valence-electron chi connectivity index (χ0n) is 15.2. The van der Waals surface area contributed by atoms with Crippen LogP contribution < -0.4 is 10.1 Å². The lowest BCUT2D eigenvalue weighted by Crippen LogP contribution is -2.43. The number of nitrogens with one attached hydrogen (secondary N) is 1. The molecule has 1 fully saturated rings. The van der Waals surface area contributed by atoms with Crippen LogP contribution in [0.15, 0.2) is 46.9 Å². The number of hydrogen-bond donors (Lipinski definition) is 1. The predicted molar refractivity (Wildman–Crippen MR) is 112 cm³/mol. The second-order valence-corrected chi connectivity index (χ2v) is 7.22. The number of ether oxygens (including phenoxy) is 2. The number of methoxy groups -OCH3 is 1. The molecule has 3 rings (SSSR count). The Morgan fingerprint density at radius 1 is 1.26 bits per heavy atom. The van der Waals surface area contributed by atoms with Crippen molar-refractivity contribution in [1.29, 1.82) is 0 Å². The molecule has 1 amide bonds. The SMILES string of the molecule is COc1ccc(C(CNC(=O)/C=C/c2ccc(I)o2)N2CCOCC2)cc1. The van der Waals surface area contributed by atoms with Crippen LogP contribution in [0.4, 0.5) is 0 Å². The van der Waals surface area contributed by atoms with Crippen molar-refractivity contribution in [3.63, 3.8) is 0 Å². The third-order valence-corrected chi connectivity index (χ3v) is 5.03. The molecule has 2 aromatic rings. The second kappa shape index (κ2) is 9.91. The van der Waals surface area contributed by atoms with Crippen LogP contribution in [0.5, 0.6) is 5.75 Å². The number of amides is 1. The molecule has 0 saturated carbocycles. The fraction of sp³-hybridized carbons (Fsp3) is 0.350. The maximum Gasteiger partial charge on any atom is 0.244 e. The topological polar surface area (TPSA) is 63.9 Å². The number of benzene rings is 1. The Morgan fingerprint density at radius 3 is 2.63 bits per heavy atom. The van der Waals surface area contributed by atoms with E-state index in [1.165, 1.54) is 6.08 Å². The van der Waals surface area contributed by atoms with Crippen molar-refractivity contribution < 1.29 is 18.7 Å². The largest absolute Gasteiger partial charge is 0.497 e. The molecule has 6 nitrogen and oxygen atoms in total. The van der Waals surface area contributed by atoms with Gasteiger partial charge in [0, 0.05) is 25.7 Å². The van der Waals surface area contributed by atoms with Gasteiger partial charge in [0.1, 0.15) is 11.5 Å². The Morgan fingerprint density at radius 2 is 2.00 bits per heavy atom. The van der Waals surface area contributed by atoms with Gasteiger partial charge in [-0.2, -0.15) is 0 Å². The smallest absolute Gasteiger partial charge is 0.244 e. The van der Waals surface area contributed by atoms with Crippen molar-refractivity contribution in [3.8, 4) is 5.75 Å². The van der Waals surface area contributed by atoms with E-state index in [9.17, 15) is 4.79 Å². The zero-order valence-corrected chi connectivity index (χ0v) is 17.3. The minimum absolute atomic E-state index is 0.0849.